The predicted octanol–water partition coefficient (Wildman–Crippen LogP) is 3.32. The number of nitrogens with one attached hydrogen (secondary N) is 1. The van der Waals surface area contributed by atoms with E-state index >= 15 is 0 Å². The van der Waals surface area contributed by atoms with Gasteiger partial charge in [0.05, 0.1) is 5.56 Å². The lowest BCUT2D eigenvalue weighted by atomic mass is 9.95. The van der Waals surface area contributed by atoms with Crippen molar-refractivity contribution in [3.05, 3.63) is 45.0 Å². The highest BCUT2D eigenvalue weighted by Gasteiger charge is 2.28. The molecule has 0 bridgehead atoms. The number of primary amides is 1. The van der Waals surface area contributed by atoms with Gasteiger partial charge in [0.25, 0.3) is 15.9 Å². The summed E-state index contributed by atoms with van der Waals surface area (Å²) in [6.45, 7) is 0. The number of benzene rings is 1. The van der Waals surface area contributed by atoms with E-state index in [4.69, 9.17) is 17.3 Å². The van der Waals surface area contributed by atoms with Gasteiger partial charge in [0.1, 0.15) is 15.7 Å². The first-order chi connectivity index (χ1) is 11.3. The highest BCUT2D eigenvalue weighted by molar-refractivity contribution is 7.93. The molecule has 24 heavy (non-hydrogen) atoms. The standard InChI is InChI=1S/C15H14ClFN2O3S2/c16-8-5-6-12(10(17)7-8)24(21,22)19-15-13(14(18)20)9-3-1-2-4-11(9)23-15/h5-7,19H,1-4H2,(H2,18,20). The summed E-state index contributed by atoms with van der Waals surface area (Å²) in [5, 5.41) is 0.236. The number of aryl methyl sites for hydroxylation is 1. The topological polar surface area (TPSA) is 89.3 Å². The van der Waals surface area contributed by atoms with Crippen molar-refractivity contribution in [3.63, 3.8) is 0 Å². The van der Waals surface area contributed by atoms with Gasteiger partial charge in [0.15, 0.2) is 0 Å². The van der Waals surface area contributed by atoms with E-state index in [9.17, 15) is 17.6 Å². The molecule has 9 heteroatoms. The molecule has 1 aromatic carbocycles. The molecule has 1 amide bonds. The quantitative estimate of drug-likeness (QED) is 0.841. The van der Waals surface area contributed by atoms with E-state index in [-0.39, 0.29) is 15.6 Å². The van der Waals surface area contributed by atoms with Crippen LogP contribution in [0.4, 0.5) is 9.39 Å². The summed E-state index contributed by atoms with van der Waals surface area (Å²) in [6, 6.07) is 3.29. The van der Waals surface area contributed by atoms with Gasteiger partial charge in [0, 0.05) is 9.90 Å². The molecule has 1 aromatic heterocycles. The number of nitrogens with two attached hydrogens (primary N) is 1. The molecule has 0 unspecified atom stereocenters. The Bertz CT molecular complexity index is 925. The number of thiophene rings is 1. The van der Waals surface area contributed by atoms with Gasteiger partial charge in [-0.2, -0.15) is 0 Å². The molecule has 1 aliphatic carbocycles. The van der Waals surface area contributed by atoms with E-state index in [0.717, 1.165) is 41.8 Å². The molecule has 5 nitrogen and oxygen atoms in total. The molecular weight excluding hydrogens is 375 g/mol. The van der Waals surface area contributed by atoms with E-state index < -0.39 is 26.6 Å². The lowest BCUT2D eigenvalue weighted by Crippen LogP contribution is -2.19. The fourth-order valence-corrected chi connectivity index (χ4v) is 5.59. The third-order valence-corrected chi connectivity index (χ3v) is 6.78. The Morgan fingerprint density at radius 3 is 2.67 bits per heavy atom. The second-order valence-electron chi connectivity index (χ2n) is 5.46. The van der Waals surface area contributed by atoms with Crippen LogP contribution in [0.25, 0.3) is 0 Å². The second-order valence-corrected chi connectivity index (χ2v) is 8.65. The van der Waals surface area contributed by atoms with E-state index in [2.05, 4.69) is 4.72 Å². The van der Waals surface area contributed by atoms with Gasteiger partial charge in [-0.05, 0) is 49.4 Å². The fourth-order valence-electron chi connectivity index (χ4n) is 2.77. The summed E-state index contributed by atoms with van der Waals surface area (Å²) in [7, 11) is -4.20. The van der Waals surface area contributed by atoms with Gasteiger partial charge < -0.3 is 5.73 Å². The minimum atomic E-state index is -4.20. The Kier molecular flexibility index (Phi) is 4.54. The molecule has 0 atom stereocenters. The maximum Gasteiger partial charge on any atom is 0.265 e. The largest absolute Gasteiger partial charge is 0.365 e. The molecule has 2 aromatic rings. The smallest absolute Gasteiger partial charge is 0.265 e. The fraction of sp³-hybridized carbons (Fsp3) is 0.267. The highest BCUT2D eigenvalue weighted by atomic mass is 35.5. The van der Waals surface area contributed by atoms with Gasteiger partial charge in [0.2, 0.25) is 0 Å². The number of carbonyl (C=O) groups excluding carboxylic acids is 1. The van der Waals surface area contributed by atoms with E-state index in [1.165, 1.54) is 17.4 Å². The van der Waals surface area contributed by atoms with Crippen LogP contribution >= 0.6 is 22.9 Å². The summed E-state index contributed by atoms with van der Waals surface area (Å²) in [6.07, 6.45) is 3.35. The Hall–Kier alpha value is -1.64. The van der Waals surface area contributed by atoms with Crippen molar-refractivity contribution < 1.29 is 17.6 Å². The monoisotopic (exact) mass is 388 g/mol. The zero-order valence-corrected chi connectivity index (χ0v) is 14.8. The first-order valence-corrected chi connectivity index (χ1v) is 9.89. The maximum absolute atomic E-state index is 13.9. The summed E-state index contributed by atoms with van der Waals surface area (Å²) in [5.74, 6) is -1.65. The lowest BCUT2D eigenvalue weighted by molar-refractivity contribution is 0.100. The van der Waals surface area contributed by atoms with E-state index in [0.29, 0.717) is 6.42 Å². The zero-order valence-electron chi connectivity index (χ0n) is 12.4. The number of hydrogen-bond acceptors (Lipinski definition) is 4. The minimum Gasteiger partial charge on any atom is -0.365 e. The number of anilines is 1. The molecule has 0 fully saturated rings. The Morgan fingerprint density at radius 2 is 2.00 bits per heavy atom. The molecule has 1 heterocycles. The van der Waals surface area contributed by atoms with Crippen LogP contribution in [0.15, 0.2) is 23.1 Å². The van der Waals surface area contributed by atoms with Gasteiger partial charge in [-0.3, -0.25) is 9.52 Å². The maximum atomic E-state index is 13.9. The molecule has 3 N–H and O–H groups in total. The average Bonchev–Trinajstić information content (AvgIpc) is 2.83. The first-order valence-electron chi connectivity index (χ1n) is 7.22. The number of halogens is 2. The van der Waals surface area contributed by atoms with Crippen molar-refractivity contribution in [1.29, 1.82) is 0 Å². The Morgan fingerprint density at radius 1 is 1.29 bits per heavy atom. The number of sulfonamides is 1. The van der Waals surface area contributed by atoms with Crippen molar-refractivity contribution in [2.45, 2.75) is 30.6 Å². The van der Waals surface area contributed by atoms with Gasteiger partial charge in [-0.1, -0.05) is 11.6 Å². The van der Waals surface area contributed by atoms with Crippen molar-refractivity contribution >= 4 is 43.9 Å². The molecule has 0 saturated heterocycles. The highest BCUT2D eigenvalue weighted by Crippen LogP contribution is 2.39. The van der Waals surface area contributed by atoms with Gasteiger partial charge in [-0.25, -0.2) is 12.8 Å². The van der Waals surface area contributed by atoms with E-state index in [1.54, 1.807) is 0 Å². The third-order valence-electron chi connectivity index (χ3n) is 3.83. The van der Waals surface area contributed by atoms with Crippen molar-refractivity contribution in [2.24, 2.45) is 5.73 Å². The normalized spacial score (nSPS) is 14.2. The van der Waals surface area contributed by atoms with Crippen LogP contribution in [0, 0.1) is 5.82 Å². The molecule has 0 radical (unpaired) electrons. The summed E-state index contributed by atoms with van der Waals surface area (Å²) < 4.78 is 41.2. The van der Waals surface area contributed by atoms with Crippen LogP contribution in [-0.4, -0.2) is 14.3 Å². The summed E-state index contributed by atoms with van der Waals surface area (Å²) >= 11 is 6.83. The van der Waals surface area contributed by atoms with Crippen LogP contribution in [-0.2, 0) is 22.9 Å². The Balaban J connectivity index is 2.04. The molecular formula is C15H14ClFN2O3S2. The summed E-state index contributed by atoms with van der Waals surface area (Å²) in [4.78, 5) is 12.2. The van der Waals surface area contributed by atoms with Crippen LogP contribution < -0.4 is 10.5 Å². The SMILES string of the molecule is NC(=O)c1c(NS(=O)(=O)c2ccc(Cl)cc2F)sc2c1CCCC2. The van der Waals surface area contributed by atoms with Crippen molar-refractivity contribution in [1.82, 2.24) is 0 Å². The molecule has 0 aliphatic heterocycles. The van der Waals surface area contributed by atoms with Gasteiger partial charge >= 0.3 is 0 Å². The predicted molar refractivity (Wildman–Crippen MR) is 91.7 cm³/mol. The molecule has 3 rings (SSSR count). The van der Waals surface area contributed by atoms with E-state index in [1.807, 2.05) is 0 Å². The molecule has 1 aliphatic rings. The number of amides is 1. The van der Waals surface area contributed by atoms with Gasteiger partial charge in [-0.15, -0.1) is 11.3 Å². The lowest BCUT2D eigenvalue weighted by Gasteiger charge is -2.11. The Labute approximate surface area is 147 Å². The number of carbonyl (C=O) groups is 1. The van der Waals surface area contributed by atoms with Crippen molar-refractivity contribution in [3.8, 4) is 0 Å². The van der Waals surface area contributed by atoms with Crippen LogP contribution in [0.3, 0.4) is 0 Å². The second kappa shape index (κ2) is 6.34. The molecule has 0 saturated carbocycles. The van der Waals surface area contributed by atoms with Crippen molar-refractivity contribution in [2.75, 3.05) is 4.72 Å². The third kappa shape index (κ3) is 3.13. The first kappa shape index (κ1) is 17.2. The van der Waals surface area contributed by atoms with Crippen LogP contribution in [0.1, 0.15) is 33.6 Å². The van der Waals surface area contributed by atoms with Crippen LogP contribution in [0.5, 0.6) is 0 Å². The molecule has 128 valence electrons. The average molecular weight is 389 g/mol. The number of hydrogen-bond donors (Lipinski definition) is 2. The summed E-state index contributed by atoms with van der Waals surface area (Å²) in [5.41, 5.74) is 6.42. The number of rotatable bonds is 4. The minimum absolute atomic E-state index is 0.0934. The zero-order chi connectivity index (χ0) is 17.5. The molecule has 0 spiro atoms. The van der Waals surface area contributed by atoms with Crippen LogP contribution in [0.2, 0.25) is 5.02 Å². The number of fused-ring (bicyclic) bond motifs is 1.